The molecule has 0 atom stereocenters. The van der Waals surface area contributed by atoms with E-state index < -0.39 is 9.28 Å². The van der Waals surface area contributed by atoms with Crippen LogP contribution in [0, 0.1) is 0 Å². The number of hydrogen-bond donors (Lipinski definition) is 0. The van der Waals surface area contributed by atoms with Crippen molar-refractivity contribution in [2.24, 2.45) is 0 Å². The summed E-state index contributed by atoms with van der Waals surface area (Å²) in [4.78, 5) is 0. The molecule has 0 aliphatic heterocycles. The van der Waals surface area contributed by atoms with Crippen molar-refractivity contribution in [1.82, 2.24) is 0 Å². The van der Waals surface area contributed by atoms with Crippen LogP contribution in [0.25, 0.3) is 0 Å². The van der Waals surface area contributed by atoms with E-state index in [1.165, 1.54) is 0 Å². The highest BCUT2D eigenvalue weighted by Crippen LogP contribution is 1.91. The zero-order chi connectivity index (χ0) is 8.69. The lowest BCUT2D eigenvalue weighted by molar-refractivity contribution is 0.157. The summed E-state index contributed by atoms with van der Waals surface area (Å²) in [6, 6.07) is 0. The highest BCUT2D eigenvalue weighted by atomic mass is 28.3. The van der Waals surface area contributed by atoms with Crippen LogP contribution in [0.2, 0.25) is 0 Å². The van der Waals surface area contributed by atoms with Crippen LogP contribution >= 0.6 is 0 Å². The normalized spacial score (nSPS) is 10.5. The molecule has 0 bridgehead atoms. The zero-order valence-electron chi connectivity index (χ0n) is 7.42. The van der Waals surface area contributed by atoms with Gasteiger partial charge in [-0.3, -0.25) is 0 Å². The van der Waals surface area contributed by atoms with Crippen LogP contribution in [0.3, 0.4) is 0 Å². The Kier molecular flexibility index (Phi) is 6.44. The lowest BCUT2D eigenvalue weighted by Crippen LogP contribution is -2.26. The maximum absolute atomic E-state index is 5.25. The summed E-state index contributed by atoms with van der Waals surface area (Å²) in [5.41, 5.74) is 1.02. The molecule has 0 N–H and O–H groups in total. The summed E-state index contributed by atoms with van der Waals surface area (Å²) in [5.74, 6) is 0. The topological polar surface area (TPSA) is 27.7 Å². The SMILES string of the molecule is C=C(C)COC[SiH](OC)OC. The fraction of sp³-hybridized carbons (Fsp3) is 0.714. The molecule has 0 unspecified atom stereocenters. The summed E-state index contributed by atoms with van der Waals surface area (Å²) in [6.45, 7) is 6.23. The van der Waals surface area contributed by atoms with E-state index >= 15 is 0 Å². The summed E-state index contributed by atoms with van der Waals surface area (Å²) in [5, 5.41) is 0. The van der Waals surface area contributed by atoms with Crippen LogP contribution in [-0.4, -0.2) is 36.3 Å². The van der Waals surface area contributed by atoms with Crippen molar-refractivity contribution >= 4 is 9.28 Å². The average Bonchev–Trinajstić information content (AvgIpc) is 1.98. The molecule has 0 aromatic heterocycles. The van der Waals surface area contributed by atoms with E-state index in [-0.39, 0.29) is 0 Å². The number of rotatable bonds is 6. The van der Waals surface area contributed by atoms with Crippen molar-refractivity contribution in [2.75, 3.05) is 27.1 Å². The monoisotopic (exact) mass is 176 g/mol. The molecule has 0 spiro atoms. The van der Waals surface area contributed by atoms with Gasteiger partial charge in [0.1, 0.15) is 0 Å². The predicted molar refractivity (Wildman–Crippen MR) is 46.8 cm³/mol. The standard InChI is InChI=1S/C7H16O3Si/c1-7(2)5-10-6-11(8-3)9-4/h11H,1,5-6H2,2-4H3. The van der Waals surface area contributed by atoms with Crippen LogP contribution in [0.5, 0.6) is 0 Å². The molecule has 0 heterocycles. The van der Waals surface area contributed by atoms with Crippen LogP contribution in [0.15, 0.2) is 12.2 Å². The smallest absolute Gasteiger partial charge is 0.347 e. The maximum atomic E-state index is 5.25. The number of hydrogen-bond acceptors (Lipinski definition) is 3. The molecule has 0 fully saturated rings. The van der Waals surface area contributed by atoms with Gasteiger partial charge >= 0.3 is 9.28 Å². The molecule has 0 rings (SSSR count). The summed E-state index contributed by atoms with van der Waals surface area (Å²) in [7, 11) is 1.77. The molecule has 0 aliphatic rings. The van der Waals surface area contributed by atoms with Gasteiger partial charge in [0.05, 0.1) is 12.8 Å². The second-order valence-corrected chi connectivity index (χ2v) is 4.51. The van der Waals surface area contributed by atoms with Gasteiger partial charge in [-0.15, -0.1) is 0 Å². The zero-order valence-corrected chi connectivity index (χ0v) is 8.58. The molecule has 0 amide bonds. The van der Waals surface area contributed by atoms with Crippen molar-refractivity contribution in [3.8, 4) is 0 Å². The Morgan fingerprint density at radius 2 is 1.91 bits per heavy atom. The van der Waals surface area contributed by atoms with Crippen LogP contribution in [0.4, 0.5) is 0 Å². The molecule has 0 saturated carbocycles. The Balaban J connectivity index is 3.28. The fourth-order valence-corrected chi connectivity index (χ4v) is 1.34. The van der Waals surface area contributed by atoms with Gasteiger partial charge in [-0.05, 0) is 6.92 Å². The van der Waals surface area contributed by atoms with Gasteiger partial charge in [-0.25, -0.2) is 0 Å². The van der Waals surface area contributed by atoms with Crippen molar-refractivity contribution in [3.63, 3.8) is 0 Å². The van der Waals surface area contributed by atoms with Crippen LogP contribution in [0.1, 0.15) is 6.92 Å². The largest absolute Gasteiger partial charge is 0.399 e. The molecule has 0 aromatic rings. The third-order valence-electron chi connectivity index (χ3n) is 1.13. The molecule has 4 heteroatoms. The minimum atomic E-state index is -1.51. The summed E-state index contributed by atoms with van der Waals surface area (Å²) >= 11 is 0. The first-order valence-corrected chi connectivity index (χ1v) is 5.24. The first kappa shape index (κ1) is 10.8. The van der Waals surface area contributed by atoms with E-state index in [2.05, 4.69) is 6.58 Å². The third-order valence-corrected chi connectivity index (χ3v) is 2.69. The van der Waals surface area contributed by atoms with Gasteiger partial charge in [0.2, 0.25) is 0 Å². The van der Waals surface area contributed by atoms with E-state index in [4.69, 9.17) is 13.6 Å². The van der Waals surface area contributed by atoms with Gasteiger partial charge in [0.25, 0.3) is 0 Å². The lowest BCUT2D eigenvalue weighted by atomic mass is 10.4. The molecular weight excluding hydrogens is 160 g/mol. The first-order chi connectivity index (χ1) is 5.20. The lowest BCUT2D eigenvalue weighted by Gasteiger charge is -2.10. The Bertz CT molecular complexity index is 112. The highest BCUT2D eigenvalue weighted by Gasteiger charge is 2.08. The van der Waals surface area contributed by atoms with Crippen molar-refractivity contribution in [1.29, 1.82) is 0 Å². The van der Waals surface area contributed by atoms with Gasteiger partial charge < -0.3 is 13.6 Å². The summed E-state index contributed by atoms with van der Waals surface area (Å²) in [6.07, 6.45) is 0.583. The van der Waals surface area contributed by atoms with Gasteiger partial charge in [0, 0.05) is 14.2 Å². The number of ether oxygens (including phenoxy) is 1. The average molecular weight is 176 g/mol. The predicted octanol–water partition coefficient (Wildman–Crippen LogP) is 0.632. The Hall–Kier alpha value is -0.163. The minimum Gasteiger partial charge on any atom is -0.399 e. The molecule has 0 aromatic carbocycles. The Labute approximate surface area is 69.8 Å². The van der Waals surface area contributed by atoms with E-state index in [9.17, 15) is 0 Å². The Morgan fingerprint density at radius 3 is 2.27 bits per heavy atom. The van der Waals surface area contributed by atoms with Crippen molar-refractivity contribution in [3.05, 3.63) is 12.2 Å². The minimum absolute atomic E-state index is 0.583. The van der Waals surface area contributed by atoms with E-state index in [1.54, 1.807) is 14.2 Å². The highest BCUT2D eigenvalue weighted by molar-refractivity contribution is 6.44. The van der Waals surface area contributed by atoms with Crippen LogP contribution < -0.4 is 0 Å². The van der Waals surface area contributed by atoms with Crippen molar-refractivity contribution < 1.29 is 13.6 Å². The molecular formula is C7H16O3Si. The van der Waals surface area contributed by atoms with Gasteiger partial charge in [0.15, 0.2) is 0 Å². The Morgan fingerprint density at radius 1 is 1.36 bits per heavy atom. The van der Waals surface area contributed by atoms with Gasteiger partial charge in [-0.2, -0.15) is 0 Å². The third kappa shape index (κ3) is 6.24. The van der Waals surface area contributed by atoms with Crippen LogP contribution in [-0.2, 0) is 13.6 Å². The maximum Gasteiger partial charge on any atom is 0.347 e. The molecule has 3 nitrogen and oxygen atoms in total. The fourth-order valence-electron chi connectivity index (χ4n) is 0.562. The quantitative estimate of drug-likeness (QED) is 0.439. The van der Waals surface area contributed by atoms with Gasteiger partial charge in [-0.1, -0.05) is 12.2 Å². The molecule has 66 valence electrons. The molecule has 0 radical (unpaired) electrons. The second kappa shape index (κ2) is 6.54. The first-order valence-electron chi connectivity index (χ1n) is 3.48. The molecule has 0 saturated heterocycles. The van der Waals surface area contributed by atoms with Crippen molar-refractivity contribution in [2.45, 2.75) is 6.92 Å². The molecule has 11 heavy (non-hydrogen) atoms. The second-order valence-electron chi connectivity index (χ2n) is 2.37. The van der Waals surface area contributed by atoms with E-state index in [0.717, 1.165) is 5.57 Å². The summed E-state index contributed by atoms with van der Waals surface area (Å²) < 4.78 is 15.3. The molecule has 0 aliphatic carbocycles. The van der Waals surface area contributed by atoms with E-state index in [1.807, 2.05) is 6.92 Å². The van der Waals surface area contributed by atoms with E-state index in [0.29, 0.717) is 12.8 Å².